The Hall–Kier alpha value is -3.26. The first-order valence-electron chi connectivity index (χ1n) is 10.8. The Morgan fingerprint density at radius 2 is 2.03 bits per heavy atom. The highest BCUT2D eigenvalue weighted by Gasteiger charge is 2.37. The molecule has 0 fully saturated rings. The molecule has 0 aromatic carbocycles. The number of nitrogens with zero attached hydrogens (tertiary/aromatic N) is 5. The second-order valence-corrected chi connectivity index (χ2v) is 8.47. The Balaban J connectivity index is 0.00000119. The van der Waals surface area contributed by atoms with Crippen LogP contribution in [-0.2, 0) is 7.05 Å². The van der Waals surface area contributed by atoms with Gasteiger partial charge in [-0.3, -0.25) is 14.5 Å². The van der Waals surface area contributed by atoms with Crippen LogP contribution in [0, 0.1) is 6.92 Å². The van der Waals surface area contributed by atoms with E-state index in [0.717, 1.165) is 11.3 Å². The Labute approximate surface area is 191 Å². The van der Waals surface area contributed by atoms with Crippen molar-refractivity contribution in [2.45, 2.75) is 39.7 Å². The van der Waals surface area contributed by atoms with Crippen LogP contribution in [-0.4, -0.2) is 37.3 Å². The highest BCUT2D eigenvalue weighted by Crippen LogP contribution is 2.43. The zero-order chi connectivity index (χ0) is 22.8. The van der Waals surface area contributed by atoms with Crippen LogP contribution in [0.4, 0.5) is 0 Å². The maximum absolute atomic E-state index is 13.4. The molecule has 0 saturated carbocycles. The maximum Gasteiger partial charge on any atom is 0.276 e. The van der Waals surface area contributed by atoms with Crippen LogP contribution in [0.15, 0.2) is 52.6 Å². The van der Waals surface area contributed by atoms with Crippen molar-refractivity contribution in [1.82, 2.24) is 24.8 Å². The van der Waals surface area contributed by atoms with Crippen LogP contribution in [0.5, 0.6) is 0 Å². The number of rotatable bonds is 3. The molecule has 32 heavy (non-hydrogen) atoms. The summed E-state index contributed by atoms with van der Waals surface area (Å²) < 4.78 is 7.29. The number of aryl methyl sites for hydroxylation is 1. The molecule has 8 heteroatoms. The van der Waals surface area contributed by atoms with E-state index < -0.39 is 0 Å². The molecule has 2 unspecified atom stereocenters. The number of amides is 1. The van der Waals surface area contributed by atoms with Gasteiger partial charge >= 0.3 is 0 Å². The van der Waals surface area contributed by atoms with Gasteiger partial charge in [0, 0.05) is 47.9 Å². The van der Waals surface area contributed by atoms with E-state index in [0.29, 0.717) is 23.7 Å². The van der Waals surface area contributed by atoms with Crippen LogP contribution < -0.4 is 0 Å². The molecule has 0 saturated heterocycles. The molecule has 1 aliphatic rings. The summed E-state index contributed by atoms with van der Waals surface area (Å²) in [6.45, 7) is 8.71. The van der Waals surface area contributed by atoms with Crippen molar-refractivity contribution in [2.24, 2.45) is 7.05 Å². The molecule has 166 valence electrons. The Kier molecular flexibility index (Phi) is 6.23. The van der Waals surface area contributed by atoms with Crippen LogP contribution in [0.25, 0.3) is 11.5 Å². The summed E-state index contributed by atoms with van der Waals surface area (Å²) in [4.78, 5) is 20.9. The van der Waals surface area contributed by atoms with Crippen LogP contribution in [0.1, 0.15) is 64.9 Å². The zero-order valence-electron chi connectivity index (χ0n) is 18.9. The normalized spacial score (nSPS) is 17.5. The summed E-state index contributed by atoms with van der Waals surface area (Å²) in [7, 11) is 1.94. The molecule has 5 heterocycles. The molecule has 4 aromatic rings. The van der Waals surface area contributed by atoms with Crippen LogP contribution >= 0.6 is 11.3 Å². The summed E-state index contributed by atoms with van der Waals surface area (Å²) in [6, 6.07) is 9.28. The summed E-state index contributed by atoms with van der Waals surface area (Å²) >= 11 is 1.74. The molecule has 0 N–H and O–H groups in total. The highest BCUT2D eigenvalue weighted by atomic mass is 32.1. The SMILES string of the molecule is CC.Cc1c(C2CN(C(=O)c3cc(-c4ccccn4)on3)C(C)c3ccsc32)cnn1C. The molecule has 7 nitrogen and oxygen atoms in total. The number of aromatic nitrogens is 4. The predicted octanol–water partition coefficient (Wildman–Crippen LogP) is 5.22. The van der Waals surface area contributed by atoms with E-state index in [1.54, 1.807) is 23.6 Å². The van der Waals surface area contributed by atoms with E-state index in [4.69, 9.17) is 4.52 Å². The first kappa shape index (κ1) is 22.0. The number of carbonyl (C=O) groups is 1. The third kappa shape index (κ3) is 3.75. The molecule has 5 rings (SSSR count). The van der Waals surface area contributed by atoms with Crippen molar-refractivity contribution >= 4 is 17.2 Å². The summed E-state index contributed by atoms with van der Waals surface area (Å²) in [5, 5.41) is 10.6. The molecule has 0 bridgehead atoms. The minimum atomic E-state index is -0.142. The Morgan fingerprint density at radius 1 is 1.22 bits per heavy atom. The highest BCUT2D eigenvalue weighted by molar-refractivity contribution is 7.10. The first-order chi connectivity index (χ1) is 15.5. The van der Waals surface area contributed by atoms with Gasteiger partial charge in [-0.1, -0.05) is 25.1 Å². The van der Waals surface area contributed by atoms with Crippen molar-refractivity contribution in [3.05, 3.63) is 75.5 Å². The summed E-state index contributed by atoms with van der Waals surface area (Å²) in [5.74, 6) is 0.437. The number of thiophene rings is 1. The van der Waals surface area contributed by atoms with Gasteiger partial charge in [0.2, 0.25) is 0 Å². The fraction of sp³-hybridized carbons (Fsp3) is 0.333. The van der Waals surface area contributed by atoms with Crippen molar-refractivity contribution in [3.8, 4) is 11.5 Å². The van der Waals surface area contributed by atoms with Gasteiger partial charge in [-0.05, 0) is 43.0 Å². The lowest BCUT2D eigenvalue weighted by atomic mass is 9.88. The Morgan fingerprint density at radius 3 is 2.72 bits per heavy atom. The monoisotopic (exact) mass is 449 g/mol. The smallest absolute Gasteiger partial charge is 0.276 e. The van der Waals surface area contributed by atoms with Gasteiger partial charge < -0.3 is 9.42 Å². The van der Waals surface area contributed by atoms with Gasteiger partial charge in [-0.25, -0.2) is 0 Å². The van der Waals surface area contributed by atoms with E-state index in [1.807, 2.05) is 54.9 Å². The molecule has 0 spiro atoms. The van der Waals surface area contributed by atoms with Crippen molar-refractivity contribution in [3.63, 3.8) is 0 Å². The van der Waals surface area contributed by atoms with E-state index in [2.05, 4.69) is 40.5 Å². The standard InChI is InChI=1S/C22H21N5O2S.C2H6/c1-13-16(11-24-26(13)3)17-12-27(14(2)15-7-9-30-21(15)17)22(28)19-10-20(29-25-19)18-6-4-5-8-23-18;1-2/h4-11,14,17H,12H2,1-3H3;1-2H3. The second kappa shape index (κ2) is 9.08. The molecular formula is C24H27N5O2S. The maximum atomic E-state index is 13.4. The van der Waals surface area contributed by atoms with Crippen LogP contribution in [0.3, 0.4) is 0 Å². The summed E-state index contributed by atoms with van der Waals surface area (Å²) in [6.07, 6.45) is 3.60. The minimum absolute atomic E-state index is 0.0398. The predicted molar refractivity (Wildman–Crippen MR) is 125 cm³/mol. The lowest BCUT2D eigenvalue weighted by Gasteiger charge is -2.37. The lowest BCUT2D eigenvalue weighted by Crippen LogP contribution is -2.40. The average molecular weight is 450 g/mol. The summed E-state index contributed by atoms with van der Waals surface area (Å²) in [5.41, 5.74) is 4.39. The second-order valence-electron chi connectivity index (χ2n) is 7.53. The molecule has 1 aliphatic heterocycles. The van der Waals surface area contributed by atoms with E-state index in [1.165, 1.54) is 10.4 Å². The molecule has 4 aromatic heterocycles. The lowest BCUT2D eigenvalue weighted by molar-refractivity contribution is 0.0656. The fourth-order valence-electron chi connectivity index (χ4n) is 4.07. The number of fused-ring (bicyclic) bond motifs is 1. The van der Waals surface area contributed by atoms with Crippen molar-refractivity contribution < 1.29 is 9.32 Å². The Bertz CT molecular complexity index is 1210. The van der Waals surface area contributed by atoms with Crippen molar-refractivity contribution in [2.75, 3.05) is 6.54 Å². The van der Waals surface area contributed by atoms with Gasteiger partial charge in [0.1, 0.15) is 5.69 Å². The minimum Gasteiger partial charge on any atom is -0.354 e. The van der Waals surface area contributed by atoms with E-state index in [-0.39, 0.29) is 17.9 Å². The number of carbonyl (C=O) groups excluding carboxylic acids is 1. The van der Waals surface area contributed by atoms with Gasteiger partial charge in [0.05, 0.1) is 12.2 Å². The molecule has 0 aliphatic carbocycles. The third-order valence-electron chi connectivity index (χ3n) is 5.90. The quantitative estimate of drug-likeness (QED) is 0.429. The molecule has 2 atom stereocenters. The topological polar surface area (TPSA) is 77.1 Å². The fourth-order valence-corrected chi connectivity index (χ4v) is 5.18. The van der Waals surface area contributed by atoms with Crippen molar-refractivity contribution in [1.29, 1.82) is 0 Å². The average Bonchev–Trinajstić information content (AvgIpc) is 3.58. The van der Waals surface area contributed by atoms with E-state index in [9.17, 15) is 4.79 Å². The van der Waals surface area contributed by atoms with E-state index >= 15 is 0 Å². The van der Waals surface area contributed by atoms with Gasteiger partial charge in [0.25, 0.3) is 5.91 Å². The molecule has 0 radical (unpaired) electrons. The third-order valence-corrected chi connectivity index (χ3v) is 6.94. The first-order valence-corrected chi connectivity index (χ1v) is 11.7. The number of hydrogen-bond acceptors (Lipinski definition) is 6. The molecular weight excluding hydrogens is 422 g/mol. The number of hydrogen-bond donors (Lipinski definition) is 0. The zero-order valence-corrected chi connectivity index (χ0v) is 19.8. The number of pyridine rings is 1. The van der Waals surface area contributed by atoms with Gasteiger partial charge in [-0.2, -0.15) is 5.10 Å². The van der Waals surface area contributed by atoms with Crippen LogP contribution in [0.2, 0.25) is 0 Å². The largest absolute Gasteiger partial charge is 0.354 e. The molecule has 1 amide bonds. The van der Waals surface area contributed by atoms with Gasteiger partial charge in [0.15, 0.2) is 11.5 Å². The van der Waals surface area contributed by atoms with Gasteiger partial charge in [-0.15, -0.1) is 11.3 Å².